The van der Waals surface area contributed by atoms with Crippen LogP contribution in [0.2, 0.25) is 0 Å². The summed E-state index contributed by atoms with van der Waals surface area (Å²) in [7, 11) is 0. The van der Waals surface area contributed by atoms with Crippen LogP contribution in [0.3, 0.4) is 0 Å². The molecule has 3 rings (SSSR count). The van der Waals surface area contributed by atoms with Crippen LogP contribution >= 0.6 is 11.3 Å². The molecule has 2 aliphatic carbocycles. The van der Waals surface area contributed by atoms with Crippen molar-refractivity contribution < 1.29 is 9.53 Å². The second-order valence-corrected chi connectivity index (χ2v) is 5.12. The first kappa shape index (κ1) is 11.2. The third-order valence-corrected chi connectivity index (χ3v) is 3.95. The van der Waals surface area contributed by atoms with Gasteiger partial charge in [0.1, 0.15) is 4.88 Å². The highest BCUT2D eigenvalue weighted by atomic mass is 32.1. The fourth-order valence-electron chi connectivity index (χ4n) is 2.10. The van der Waals surface area contributed by atoms with Gasteiger partial charge in [-0.2, -0.15) is 0 Å². The smallest absolute Gasteiger partial charge is 0.348 e. The number of hydrogen-bond acceptors (Lipinski definition) is 3. The largest absolute Gasteiger partial charge is 0.462 e. The van der Waals surface area contributed by atoms with Crippen molar-refractivity contribution in [2.24, 2.45) is 0 Å². The number of carbonyl (C=O) groups excluding carboxylic acids is 1. The molecule has 3 heteroatoms. The Morgan fingerprint density at radius 3 is 2.89 bits per heavy atom. The number of fused-ring (bicyclic) bond motifs is 3. The van der Waals surface area contributed by atoms with E-state index >= 15 is 0 Å². The van der Waals surface area contributed by atoms with E-state index in [2.05, 4.69) is 18.2 Å². The molecule has 0 aliphatic heterocycles. The lowest BCUT2D eigenvalue weighted by Gasteiger charge is -1.97. The number of rotatable bonds is 2. The Balaban J connectivity index is 2.16. The molecule has 0 bridgehead atoms. The SMILES string of the molecule is CCOC(=O)c1cc2c3cccccc-3cc2s1. The molecule has 0 saturated carbocycles. The molecule has 18 heavy (non-hydrogen) atoms. The maximum Gasteiger partial charge on any atom is 0.348 e. The normalized spacial score (nSPS) is 10.9. The van der Waals surface area contributed by atoms with Crippen molar-refractivity contribution in [3.8, 4) is 11.1 Å². The van der Waals surface area contributed by atoms with E-state index in [9.17, 15) is 4.79 Å². The van der Waals surface area contributed by atoms with Gasteiger partial charge in [0.2, 0.25) is 0 Å². The van der Waals surface area contributed by atoms with Crippen molar-refractivity contribution in [2.45, 2.75) is 6.92 Å². The Labute approximate surface area is 109 Å². The molecule has 1 aromatic rings. The molecular weight excluding hydrogens is 244 g/mol. The van der Waals surface area contributed by atoms with E-state index in [1.54, 1.807) is 0 Å². The molecule has 2 aliphatic rings. The topological polar surface area (TPSA) is 26.3 Å². The third-order valence-electron chi connectivity index (χ3n) is 2.89. The van der Waals surface area contributed by atoms with E-state index < -0.39 is 0 Å². The number of esters is 1. The molecule has 0 unspecified atom stereocenters. The quantitative estimate of drug-likeness (QED) is 0.643. The van der Waals surface area contributed by atoms with E-state index in [4.69, 9.17) is 4.74 Å². The Hall–Kier alpha value is -1.87. The van der Waals surface area contributed by atoms with Crippen LogP contribution in [-0.2, 0) is 4.74 Å². The zero-order valence-corrected chi connectivity index (χ0v) is 10.8. The van der Waals surface area contributed by atoms with Crippen LogP contribution in [0.25, 0.3) is 21.2 Å². The lowest BCUT2D eigenvalue weighted by atomic mass is 10.1. The minimum absolute atomic E-state index is 0.229. The maximum absolute atomic E-state index is 11.7. The Morgan fingerprint density at radius 2 is 2.06 bits per heavy atom. The van der Waals surface area contributed by atoms with E-state index in [0.29, 0.717) is 11.5 Å². The molecule has 1 heterocycles. The van der Waals surface area contributed by atoms with Gasteiger partial charge in [0, 0.05) is 10.1 Å². The van der Waals surface area contributed by atoms with Crippen LogP contribution in [0, 0.1) is 0 Å². The van der Waals surface area contributed by atoms with Crippen molar-refractivity contribution in [3.63, 3.8) is 0 Å². The van der Waals surface area contributed by atoms with Gasteiger partial charge in [-0.3, -0.25) is 0 Å². The molecule has 0 N–H and O–H groups in total. The summed E-state index contributed by atoms with van der Waals surface area (Å²) in [6.07, 6.45) is 0. The van der Waals surface area contributed by atoms with Gasteiger partial charge in [-0.1, -0.05) is 30.3 Å². The molecule has 0 radical (unpaired) electrons. The van der Waals surface area contributed by atoms with Gasteiger partial charge >= 0.3 is 5.97 Å². The van der Waals surface area contributed by atoms with Crippen LogP contribution < -0.4 is 0 Å². The molecule has 0 aromatic carbocycles. The highest BCUT2D eigenvalue weighted by molar-refractivity contribution is 7.21. The number of hydrogen-bond donors (Lipinski definition) is 0. The molecule has 90 valence electrons. The van der Waals surface area contributed by atoms with Crippen molar-refractivity contribution in [2.75, 3.05) is 6.61 Å². The molecule has 2 nitrogen and oxygen atoms in total. The second-order valence-electron chi connectivity index (χ2n) is 4.03. The highest BCUT2D eigenvalue weighted by Gasteiger charge is 2.16. The van der Waals surface area contributed by atoms with Gasteiger partial charge in [0.25, 0.3) is 0 Å². The van der Waals surface area contributed by atoms with E-state index in [1.165, 1.54) is 22.5 Å². The molecule has 1 aromatic heterocycles. The zero-order valence-electron chi connectivity index (χ0n) is 9.97. The predicted octanol–water partition coefficient (Wildman–Crippen LogP) is 4.18. The average Bonchev–Trinajstić information content (AvgIpc) is 2.80. The van der Waals surface area contributed by atoms with E-state index in [1.807, 2.05) is 31.2 Å². The van der Waals surface area contributed by atoms with E-state index in [0.717, 1.165) is 10.1 Å². The summed E-state index contributed by atoms with van der Waals surface area (Å²) in [6, 6.07) is 14.3. The van der Waals surface area contributed by atoms with Crippen molar-refractivity contribution in [1.29, 1.82) is 0 Å². The molecular formula is C15H12O2S. The minimum Gasteiger partial charge on any atom is -0.462 e. The third kappa shape index (κ3) is 1.77. The van der Waals surface area contributed by atoms with Crippen molar-refractivity contribution in [1.82, 2.24) is 0 Å². The first-order valence-electron chi connectivity index (χ1n) is 5.88. The summed E-state index contributed by atoms with van der Waals surface area (Å²) in [5.74, 6) is -0.229. The van der Waals surface area contributed by atoms with Crippen LogP contribution in [-0.4, -0.2) is 12.6 Å². The summed E-state index contributed by atoms with van der Waals surface area (Å²) < 4.78 is 6.17. The first-order chi connectivity index (χ1) is 8.79. The van der Waals surface area contributed by atoms with Gasteiger partial charge in [-0.15, -0.1) is 11.3 Å². The van der Waals surface area contributed by atoms with Crippen LogP contribution in [0.5, 0.6) is 0 Å². The monoisotopic (exact) mass is 256 g/mol. The van der Waals surface area contributed by atoms with Gasteiger partial charge in [-0.05, 0) is 30.2 Å². The predicted molar refractivity (Wildman–Crippen MR) is 74.4 cm³/mol. The summed E-state index contributed by atoms with van der Waals surface area (Å²) >= 11 is 1.49. The Bertz CT molecular complexity index is 684. The molecule has 0 atom stereocenters. The first-order valence-corrected chi connectivity index (χ1v) is 6.69. The van der Waals surface area contributed by atoms with Gasteiger partial charge in [0.15, 0.2) is 0 Å². The standard InChI is InChI=1S/C15H12O2S/c1-2-17-15(16)14-9-12-11-7-5-3-4-6-10(11)8-13(12)18-14/h3-9H,2H2,1H3. The second kappa shape index (κ2) is 4.42. The fourth-order valence-corrected chi connectivity index (χ4v) is 3.12. The van der Waals surface area contributed by atoms with Crippen molar-refractivity contribution in [3.05, 3.63) is 47.3 Å². The van der Waals surface area contributed by atoms with E-state index in [-0.39, 0.29) is 5.97 Å². The number of thiophene rings is 1. The molecule has 0 fully saturated rings. The lowest BCUT2D eigenvalue weighted by Crippen LogP contribution is -2.01. The zero-order chi connectivity index (χ0) is 12.5. The summed E-state index contributed by atoms with van der Waals surface area (Å²) in [5.41, 5.74) is 2.39. The summed E-state index contributed by atoms with van der Waals surface area (Å²) in [6.45, 7) is 2.23. The van der Waals surface area contributed by atoms with Gasteiger partial charge in [0.05, 0.1) is 6.61 Å². The van der Waals surface area contributed by atoms with Gasteiger partial charge < -0.3 is 4.74 Å². The number of ether oxygens (including phenoxy) is 1. The Morgan fingerprint density at radius 1 is 1.22 bits per heavy atom. The fraction of sp³-hybridized carbons (Fsp3) is 0.133. The van der Waals surface area contributed by atoms with Crippen molar-refractivity contribution >= 4 is 27.4 Å². The highest BCUT2D eigenvalue weighted by Crippen LogP contribution is 2.38. The van der Waals surface area contributed by atoms with Gasteiger partial charge in [-0.25, -0.2) is 4.79 Å². The lowest BCUT2D eigenvalue weighted by molar-refractivity contribution is 0.0532. The Kier molecular flexibility index (Phi) is 2.76. The van der Waals surface area contributed by atoms with Crippen LogP contribution in [0.4, 0.5) is 0 Å². The summed E-state index contributed by atoms with van der Waals surface area (Å²) in [5, 5.41) is 1.13. The molecule has 0 spiro atoms. The maximum atomic E-state index is 11.7. The van der Waals surface area contributed by atoms with Crippen LogP contribution in [0.1, 0.15) is 16.6 Å². The summed E-state index contributed by atoms with van der Waals surface area (Å²) in [4.78, 5) is 12.4. The molecule has 0 saturated heterocycles. The average molecular weight is 256 g/mol. The molecule has 0 amide bonds. The number of carbonyl (C=O) groups is 1. The minimum atomic E-state index is -0.229. The van der Waals surface area contributed by atoms with Crippen LogP contribution in [0.15, 0.2) is 42.5 Å².